The molecule has 3 aromatic rings. The topological polar surface area (TPSA) is 94.2 Å². The van der Waals surface area contributed by atoms with E-state index >= 15 is 0 Å². The van der Waals surface area contributed by atoms with E-state index in [1.165, 1.54) is 18.9 Å². The van der Waals surface area contributed by atoms with Crippen LogP contribution in [0.1, 0.15) is 31.0 Å². The van der Waals surface area contributed by atoms with Gasteiger partial charge in [0.2, 0.25) is 0 Å². The molecule has 186 valence electrons. The van der Waals surface area contributed by atoms with Crippen LogP contribution in [-0.2, 0) is 25.6 Å². The van der Waals surface area contributed by atoms with Gasteiger partial charge in [0, 0.05) is 25.3 Å². The van der Waals surface area contributed by atoms with Crippen molar-refractivity contribution in [1.29, 1.82) is 0 Å². The lowest BCUT2D eigenvalue weighted by atomic mass is 9.90. The highest BCUT2D eigenvalue weighted by atomic mass is 16.6. The fourth-order valence-electron chi connectivity index (χ4n) is 4.33. The molecule has 0 aromatic heterocycles. The lowest BCUT2D eigenvalue weighted by Gasteiger charge is -2.36. The van der Waals surface area contributed by atoms with Crippen LogP contribution in [0.3, 0.4) is 0 Å². The smallest absolute Gasteiger partial charge is 0.338 e. The molecule has 1 N–H and O–H groups in total. The van der Waals surface area contributed by atoms with E-state index in [4.69, 9.17) is 14.2 Å². The third kappa shape index (κ3) is 5.23. The van der Waals surface area contributed by atoms with E-state index in [1.807, 2.05) is 60.7 Å². The first-order valence-corrected chi connectivity index (χ1v) is 11.6. The Hall–Kier alpha value is -4.17. The van der Waals surface area contributed by atoms with Crippen molar-refractivity contribution in [3.8, 4) is 5.75 Å². The monoisotopic (exact) mass is 488 g/mol. The Labute approximate surface area is 209 Å². The summed E-state index contributed by atoms with van der Waals surface area (Å²) in [5.74, 6) is -0.836. The molecule has 1 aliphatic rings. The van der Waals surface area contributed by atoms with Crippen LogP contribution in [-0.4, -0.2) is 43.2 Å². The van der Waals surface area contributed by atoms with Crippen molar-refractivity contribution < 1.29 is 28.6 Å². The number of nitrogens with zero attached hydrogens (tertiary/aromatic N) is 1. The predicted molar refractivity (Wildman–Crippen MR) is 134 cm³/mol. The fourth-order valence-corrected chi connectivity index (χ4v) is 4.33. The quantitative estimate of drug-likeness (QED) is 0.285. The van der Waals surface area contributed by atoms with E-state index in [-0.39, 0.29) is 37.1 Å². The summed E-state index contributed by atoms with van der Waals surface area (Å²) in [5.41, 5.74) is 2.13. The van der Waals surface area contributed by atoms with Crippen LogP contribution in [0, 0.1) is 0 Å². The average molecular weight is 489 g/mol. The highest BCUT2D eigenvalue weighted by Gasteiger charge is 2.38. The summed E-state index contributed by atoms with van der Waals surface area (Å²) in [4.78, 5) is 40.2. The molecular formula is C28H28N2O6. The van der Waals surface area contributed by atoms with Crippen LogP contribution in [0.5, 0.6) is 5.75 Å². The first-order chi connectivity index (χ1) is 17.4. The van der Waals surface area contributed by atoms with Gasteiger partial charge in [-0.2, -0.15) is 0 Å². The van der Waals surface area contributed by atoms with E-state index in [1.54, 1.807) is 13.0 Å². The van der Waals surface area contributed by atoms with Crippen molar-refractivity contribution in [1.82, 2.24) is 10.2 Å². The second-order valence-corrected chi connectivity index (χ2v) is 8.37. The summed E-state index contributed by atoms with van der Waals surface area (Å²) in [6.45, 7) is 3.58. The molecular weight excluding hydrogens is 460 g/mol. The Morgan fingerprint density at radius 3 is 2.42 bits per heavy atom. The van der Waals surface area contributed by atoms with Crippen molar-refractivity contribution in [2.75, 3.05) is 20.3 Å². The zero-order valence-corrected chi connectivity index (χ0v) is 20.4. The van der Waals surface area contributed by atoms with E-state index in [2.05, 4.69) is 5.32 Å². The fraction of sp³-hybridized carbons (Fsp3) is 0.250. The van der Waals surface area contributed by atoms with Crippen molar-refractivity contribution in [3.63, 3.8) is 0 Å². The molecule has 8 nitrogen and oxygen atoms in total. The van der Waals surface area contributed by atoms with Gasteiger partial charge >= 0.3 is 18.0 Å². The minimum Gasteiger partial charge on any atom is -0.460 e. The number of hydrogen-bond acceptors (Lipinski definition) is 6. The van der Waals surface area contributed by atoms with Crippen molar-refractivity contribution in [3.05, 3.63) is 89.1 Å². The summed E-state index contributed by atoms with van der Waals surface area (Å²) >= 11 is 0. The average Bonchev–Trinajstić information content (AvgIpc) is 2.86. The molecule has 4 rings (SSSR count). The number of carbonyl (C=O) groups excluding carboxylic acids is 3. The van der Waals surface area contributed by atoms with Gasteiger partial charge in [0.25, 0.3) is 0 Å². The van der Waals surface area contributed by atoms with Gasteiger partial charge in [-0.05, 0) is 29.3 Å². The highest BCUT2D eigenvalue weighted by molar-refractivity contribution is 5.98. The maximum Gasteiger partial charge on any atom is 0.338 e. The van der Waals surface area contributed by atoms with Crippen molar-refractivity contribution in [2.45, 2.75) is 26.4 Å². The summed E-state index contributed by atoms with van der Waals surface area (Å²) in [6, 6.07) is 19.2. The number of nitrogens with one attached hydrogen (secondary N) is 1. The number of ether oxygens (including phenoxy) is 3. The number of hydrogen-bond donors (Lipinski definition) is 1. The molecule has 3 aromatic carbocycles. The summed E-state index contributed by atoms with van der Waals surface area (Å²) in [5, 5.41) is 4.58. The number of carbonyl (C=O) groups is 3. The molecule has 0 fully saturated rings. The molecule has 8 heteroatoms. The van der Waals surface area contributed by atoms with E-state index in [9.17, 15) is 14.4 Å². The van der Waals surface area contributed by atoms with Gasteiger partial charge in [-0.1, -0.05) is 60.7 Å². The van der Waals surface area contributed by atoms with Gasteiger partial charge in [0.15, 0.2) is 0 Å². The molecule has 2 amide bonds. The van der Waals surface area contributed by atoms with E-state index < -0.39 is 18.0 Å². The molecule has 0 spiro atoms. The SMILES string of the molecule is COCCOC(=O)C1=C(C)N(Cc2ccccc2)C(=O)NC1c1c(OC(C)=O)ccc2ccccc12. The highest BCUT2D eigenvalue weighted by Crippen LogP contribution is 2.40. The van der Waals surface area contributed by atoms with Gasteiger partial charge < -0.3 is 19.5 Å². The van der Waals surface area contributed by atoms with Crippen molar-refractivity contribution >= 4 is 28.7 Å². The molecule has 0 saturated carbocycles. The Balaban J connectivity index is 1.87. The summed E-state index contributed by atoms with van der Waals surface area (Å²) in [7, 11) is 1.52. The maximum absolute atomic E-state index is 13.4. The van der Waals surface area contributed by atoms with Gasteiger partial charge in [0.1, 0.15) is 12.4 Å². The largest absolute Gasteiger partial charge is 0.460 e. The molecule has 0 saturated heterocycles. The van der Waals surface area contributed by atoms with E-state index in [0.29, 0.717) is 11.3 Å². The van der Waals surface area contributed by atoms with Crippen LogP contribution in [0.4, 0.5) is 4.79 Å². The number of urea groups is 1. The number of rotatable bonds is 8. The zero-order chi connectivity index (χ0) is 25.7. The normalized spacial score (nSPS) is 15.6. The minimum atomic E-state index is -0.903. The van der Waals surface area contributed by atoms with Gasteiger partial charge in [-0.3, -0.25) is 9.69 Å². The first-order valence-electron chi connectivity index (χ1n) is 11.6. The number of esters is 2. The molecule has 1 heterocycles. The number of benzene rings is 3. The number of methoxy groups -OCH3 is 1. The molecule has 0 bridgehead atoms. The lowest BCUT2D eigenvalue weighted by Crippen LogP contribution is -2.47. The molecule has 0 radical (unpaired) electrons. The zero-order valence-electron chi connectivity index (χ0n) is 20.4. The third-order valence-corrected chi connectivity index (χ3v) is 5.99. The third-order valence-electron chi connectivity index (χ3n) is 5.99. The second kappa shape index (κ2) is 11.0. The standard InChI is InChI=1S/C28H28N2O6/c1-18-24(27(32)35-16-15-34-3)26(29-28(33)30(18)17-20-9-5-4-6-10-20)25-22-12-8-7-11-21(22)13-14-23(25)36-19(2)31/h4-14,26H,15-17H2,1-3H3,(H,29,33). The predicted octanol–water partition coefficient (Wildman–Crippen LogP) is 4.50. The van der Waals surface area contributed by atoms with Crippen LogP contribution >= 0.6 is 0 Å². The van der Waals surface area contributed by atoms with Gasteiger partial charge in [0.05, 0.1) is 24.8 Å². The Bertz CT molecular complexity index is 1320. The molecule has 1 unspecified atom stereocenters. The molecule has 1 aliphatic heterocycles. The van der Waals surface area contributed by atoms with Gasteiger partial charge in [-0.15, -0.1) is 0 Å². The maximum atomic E-state index is 13.4. The minimum absolute atomic E-state index is 0.0534. The molecule has 1 atom stereocenters. The Kier molecular flexibility index (Phi) is 7.65. The second-order valence-electron chi connectivity index (χ2n) is 8.37. The number of fused-ring (bicyclic) bond motifs is 1. The molecule has 0 aliphatic carbocycles. The van der Waals surface area contributed by atoms with Crippen LogP contribution in [0.15, 0.2) is 78.0 Å². The summed E-state index contributed by atoms with van der Waals surface area (Å²) < 4.78 is 16.1. The Morgan fingerprint density at radius 1 is 0.972 bits per heavy atom. The van der Waals surface area contributed by atoms with Crippen LogP contribution in [0.2, 0.25) is 0 Å². The van der Waals surface area contributed by atoms with Gasteiger partial charge in [-0.25, -0.2) is 9.59 Å². The number of allylic oxidation sites excluding steroid dienone is 1. The van der Waals surface area contributed by atoms with Crippen LogP contribution in [0.25, 0.3) is 10.8 Å². The Morgan fingerprint density at radius 2 is 1.69 bits per heavy atom. The molecule has 36 heavy (non-hydrogen) atoms. The number of amides is 2. The summed E-state index contributed by atoms with van der Waals surface area (Å²) in [6.07, 6.45) is 0. The van der Waals surface area contributed by atoms with Crippen molar-refractivity contribution in [2.24, 2.45) is 0 Å². The first kappa shape index (κ1) is 24.9. The van der Waals surface area contributed by atoms with E-state index in [0.717, 1.165) is 16.3 Å². The van der Waals surface area contributed by atoms with Crippen LogP contribution < -0.4 is 10.1 Å². The lowest BCUT2D eigenvalue weighted by molar-refractivity contribution is -0.141.